The van der Waals surface area contributed by atoms with Gasteiger partial charge in [0.05, 0.1) is 7.11 Å². The molecule has 1 fully saturated rings. The highest BCUT2D eigenvalue weighted by atomic mass is 19.1. The van der Waals surface area contributed by atoms with E-state index in [4.69, 9.17) is 9.84 Å². The first-order valence-corrected chi connectivity index (χ1v) is 6.86. The molecule has 1 heterocycles. The van der Waals surface area contributed by atoms with Crippen molar-refractivity contribution in [3.8, 4) is 5.75 Å². The summed E-state index contributed by atoms with van der Waals surface area (Å²) < 4.78 is 18.4. The van der Waals surface area contributed by atoms with Crippen molar-refractivity contribution < 1.29 is 23.8 Å². The van der Waals surface area contributed by atoms with E-state index in [9.17, 15) is 14.0 Å². The fourth-order valence-corrected chi connectivity index (χ4v) is 2.56. The Morgan fingerprint density at radius 2 is 2.24 bits per heavy atom. The predicted octanol–water partition coefficient (Wildman–Crippen LogP) is 2.16. The van der Waals surface area contributed by atoms with Crippen molar-refractivity contribution in [2.45, 2.75) is 19.3 Å². The molecule has 1 aromatic rings. The number of methoxy groups -OCH3 is 1. The number of rotatable bonds is 5. The van der Waals surface area contributed by atoms with Crippen molar-refractivity contribution in [2.24, 2.45) is 5.92 Å². The maximum Gasteiger partial charge on any atom is 0.303 e. The fourth-order valence-electron chi connectivity index (χ4n) is 2.56. The second kappa shape index (κ2) is 6.56. The number of carboxylic acids is 1. The van der Waals surface area contributed by atoms with Gasteiger partial charge in [-0.1, -0.05) is 0 Å². The molecule has 1 amide bonds. The van der Waals surface area contributed by atoms with E-state index in [1.807, 2.05) is 0 Å². The smallest absolute Gasteiger partial charge is 0.303 e. The fraction of sp³-hybridized carbons (Fsp3) is 0.467. The molecular formula is C15H18FNO4. The monoisotopic (exact) mass is 295 g/mol. The summed E-state index contributed by atoms with van der Waals surface area (Å²) >= 11 is 0. The molecule has 1 atom stereocenters. The molecule has 1 unspecified atom stereocenters. The van der Waals surface area contributed by atoms with Crippen LogP contribution in [0.15, 0.2) is 18.2 Å². The zero-order valence-corrected chi connectivity index (χ0v) is 11.8. The molecule has 0 aliphatic carbocycles. The van der Waals surface area contributed by atoms with Gasteiger partial charge in [-0.15, -0.1) is 0 Å². The number of benzene rings is 1. The molecule has 21 heavy (non-hydrogen) atoms. The second-order valence-electron chi connectivity index (χ2n) is 5.19. The van der Waals surface area contributed by atoms with Crippen LogP contribution in [-0.2, 0) is 4.79 Å². The molecule has 1 aliphatic heterocycles. The maximum absolute atomic E-state index is 13.6. The lowest BCUT2D eigenvalue weighted by atomic mass is 10.0. The number of hydrogen-bond acceptors (Lipinski definition) is 3. The molecule has 1 aromatic carbocycles. The van der Waals surface area contributed by atoms with Crippen molar-refractivity contribution in [3.63, 3.8) is 0 Å². The lowest BCUT2D eigenvalue weighted by Crippen LogP contribution is -2.28. The van der Waals surface area contributed by atoms with E-state index in [2.05, 4.69) is 0 Å². The number of carbonyl (C=O) groups is 2. The van der Waals surface area contributed by atoms with Gasteiger partial charge in [0.2, 0.25) is 0 Å². The van der Waals surface area contributed by atoms with E-state index in [0.29, 0.717) is 19.5 Å². The first kappa shape index (κ1) is 15.3. The summed E-state index contributed by atoms with van der Waals surface area (Å²) in [5.74, 6) is -1.31. The molecular weight excluding hydrogens is 277 g/mol. The van der Waals surface area contributed by atoms with Crippen molar-refractivity contribution in [2.75, 3.05) is 20.2 Å². The largest absolute Gasteiger partial charge is 0.494 e. The topological polar surface area (TPSA) is 66.8 Å². The van der Waals surface area contributed by atoms with E-state index in [1.54, 1.807) is 4.90 Å². The number of carbonyl (C=O) groups excluding carboxylic acids is 1. The van der Waals surface area contributed by atoms with Crippen LogP contribution in [-0.4, -0.2) is 42.1 Å². The number of ether oxygens (including phenoxy) is 1. The Hall–Kier alpha value is -2.11. The van der Waals surface area contributed by atoms with Crippen LogP contribution < -0.4 is 4.74 Å². The summed E-state index contributed by atoms with van der Waals surface area (Å²) in [5, 5.41) is 8.67. The molecule has 0 bridgehead atoms. The molecule has 6 heteroatoms. The van der Waals surface area contributed by atoms with Gasteiger partial charge >= 0.3 is 5.97 Å². The van der Waals surface area contributed by atoms with Gasteiger partial charge in [0.15, 0.2) is 11.6 Å². The van der Waals surface area contributed by atoms with Crippen LogP contribution >= 0.6 is 0 Å². The normalized spacial score (nSPS) is 17.8. The number of halogens is 1. The first-order chi connectivity index (χ1) is 10.0. The van der Waals surface area contributed by atoms with E-state index in [1.165, 1.54) is 25.3 Å². The highest BCUT2D eigenvalue weighted by Gasteiger charge is 2.27. The van der Waals surface area contributed by atoms with E-state index < -0.39 is 11.8 Å². The molecule has 0 saturated carbocycles. The van der Waals surface area contributed by atoms with Crippen molar-refractivity contribution in [3.05, 3.63) is 29.6 Å². The van der Waals surface area contributed by atoms with Crippen LogP contribution in [0.2, 0.25) is 0 Å². The average molecular weight is 295 g/mol. The third-order valence-corrected chi connectivity index (χ3v) is 3.74. The van der Waals surface area contributed by atoms with Gasteiger partial charge in [0.1, 0.15) is 0 Å². The zero-order valence-electron chi connectivity index (χ0n) is 11.8. The number of hydrogen-bond donors (Lipinski definition) is 1. The van der Waals surface area contributed by atoms with Gasteiger partial charge in [-0.25, -0.2) is 4.39 Å². The summed E-state index contributed by atoms with van der Waals surface area (Å²) in [7, 11) is 1.37. The lowest BCUT2D eigenvalue weighted by Gasteiger charge is -2.17. The molecule has 2 rings (SSSR count). The Morgan fingerprint density at radius 1 is 1.48 bits per heavy atom. The molecule has 0 radical (unpaired) electrons. The van der Waals surface area contributed by atoms with Crippen LogP contribution in [0, 0.1) is 11.7 Å². The van der Waals surface area contributed by atoms with Crippen molar-refractivity contribution in [1.82, 2.24) is 4.90 Å². The van der Waals surface area contributed by atoms with E-state index in [-0.39, 0.29) is 29.6 Å². The highest BCUT2D eigenvalue weighted by Crippen LogP contribution is 2.24. The lowest BCUT2D eigenvalue weighted by molar-refractivity contribution is -0.137. The molecule has 0 aromatic heterocycles. The van der Waals surface area contributed by atoms with Gasteiger partial charge in [-0.3, -0.25) is 9.59 Å². The molecule has 1 aliphatic rings. The number of likely N-dealkylation sites (tertiary alicyclic amines) is 1. The number of nitrogens with zero attached hydrogens (tertiary/aromatic N) is 1. The van der Waals surface area contributed by atoms with Gasteiger partial charge in [-0.2, -0.15) is 0 Å². The Morgan fingerprint density at radius 3 is 2.86 bits per heavy atom. The summed E-state index contributed by atoms with van der Waals surface area (Å²) in [5.41, 5.74) is 0.284. The Balaban J connectivity index is 1.98. The summed E-state index contributed by atoms with van der Waals surface area (Å²) in [6.45, 7) is 1.11. The van der Waals surface area contributed by atoms with Crippen molar-refractivity contribution >= 4 is 11.9 Å². The zero-order chi connectivity index (χ0) is 15.4. The predicted molar refractivity (Wildman–Crippen MR) is 73.8 cm³/mol. The molecule has 1 saturated heterocycles. The van der Waals surface area contributed by atoms with Gasteiger partial charge in [0, 0.05) is 25.1 Å². The Bertz CT molecular complexity index is 546. The average Bonchev–Trinajstić information content (AvgIpc) is 2.93. The summed E-state index contributed by atoms with van der Waals surface area (Å²) in [6, 6.07) is 4.14. The minimum absolute atomic E-state index is 0.104. The van der Waals surface area contributed by atoms with Gasteiger partial charge in [-0.05, 0) is 37.0 Å². The molecule has 1 N–H and O–H groups in total. The van der Waals surface area contributed by atoms with E-state index >= 15 is 0 Å². The molecule has 114 valence electrons. The summed E-state index contributed by atoms with van der Waals surface area (Å²) in [6.07, 6.45) is 1.47. The quantitative estimate of drug-likeness (QED) is 0.904. The van der Waals surface area contributed by atoms with Gasteiger partial charge < -0.3 is 14.7 Å². The Labute approximate surface area is 122 Å². The van der Waals surface area contributed by atoms with Crippen LogP contribution in [0.3, 0.4) is 0 Å². The van der Waals surface area contributed by atoms with E-state index in [0.717, 1.165) is 6.42 Å². The number of carboxylic acid groups (broad SMARTS) is 1. The van der Waals surface area contributed by atoms with Gasteiger partial charge in [0.25, 0.3) is 5.91 Å². The molecule has 5 nitrogen and oxygen atoms in total. The number of amides is 1. The van der Waals surface area contributed by atoms with Crippen LogP contribution in [0.1, 0.15) is 29.6 Å². The third-order valence-electron chi connectivity index (χ3n) is 3.74. The SMILES string of the molecule is COc1ccc(C(=O)N2CCC(CCC(=O)O)C2)cc1F. The third kappa shape index (κ3) is 3.71. The standard InChI is InChI=1S/C15H18FNO4/c1-21-13-4-3-11(8-12(13)16)15(20)17-7-6-10(9-17)2-5-14(18)19/h3-4,8,10H,2,5-7,9H2,1H3,(H,18,19). The first-order valence-electron chi connectivity index (χ1n) is 6.86. The summed E-state index contributed by atoms with van der Waals surface area (Å²) in [4.78, 5) is 24.5. The number of aliphatic carboxylic acids is 1. The highest BCUT2D eigenvalue weighted by molar-refractivity contribution is 5.94. The van der Waals surface area contributed by atoms with Crippen LogP contribution in [0.25, 0.3) is 0 Å². The van der Waals surface area contributed by atoms with Crippen LogP contribution in [0.5, 0.6) is 5.75 Å². The second-order valence-corrected chi connectivity index (χ2v) is 5.19. The maximum atomic E-state index is 13.6. The van der Waals surface area contributed by atoms with Crippen LogP contribution in [0.4, 0.5) is 4.39 Å². The molecule has 0 spiro atoms. The minimum Gasteiger partial charge on any atom is -0.494 e. The van der Waals surface area contributed by atoms with Crippen molar-refractivity contribution in [1.29, 1.82) is 0 Å². The minimum atomic E-state index is -0.822. The Kier molecular flexibility index (Phi) is 4.77.